The van der Waals surface area contributed by atoms with Crippen molar-refractivity contribution in [3.8, 4) is 0 Å². The molecule has 0 aromatic rings. The summed E-state index contributed by atoms with van der Waals surface area (Å²) < 4.78 is 5.65. The third kappa shape index (κ3) is 1.39. The van der Waals surface area contributed by atoms with E-state index in [0.29, 0.717) is 6.10 Å². The summed E-state index contributed by atoms with van der Waals surface area (Å²) in [5, 5.41) is 13.1. The van der Waals surface area contributed by atoms with Gasteiger partial charge < -0.3 is 15.2 Å². The van der Waals surface area contributed by atoms with Crippen LogP contribution in [0.4, 0.5) is 0 Å². The van der Waals surface area contributed by atoms with Gasteiger partial charge in [0, 0.05) is 18.4 Å². The molecular weight excluding hydrogens is 166 g/mol. The fourth-order valence-corrected chi connectivity index (χ4v) is 2.71. The normalized spacial score (nSPS) is 37.4. The number of aliphatic hydroxyl groups excluding tert-OH is 1. The Morgan fingerprint density at radius 1 is 1.46 bits per heavy atom. The fourth-order valence-electron chi connectivity index (χ4n) is 2.71. The quantitative estimate of drug-likeness (QED) is 0.659. The molecule has 3 nitrogen and oxygen atoms in total. The molecule has 0 aromatic carbocycles. The van der Waals surface area contributed by atoms with Gasteiger partial charge in [0.05, 0.1) is 12.2 Å². The minimum absolute atomic E-state index is 0.0985. The summed E-state index contributed by atoms with van der Waals surface area (Å²) >= 11 is 0. The van der Waals surface area contributed by atoms with Crippen molar-refractivity contribution in [1.29, 1.82) is 0 Å². The molecule has 0 amide bonds. The standard InChI is InChI=1S/C10H19NO2/c1-2-13-9-7-8(12)10(9)3-5-11-6-4-10/h8-9,11-12H,2-7H2,1H3/t8-,9-/m0/s1. The van der Waals surface area contributed by atoms with E-state index >= 15 is 0 Å². The summed E-state index contributed by atoms with van der Waals surface area (Å²) in [6.45, 7) is 4.85. The lowest BCUT2D eigenvalue weighted by Gasteiger charge is -2.55. The SMILES string of the molecule is CCO[C@H]1C[C@H](O)C12CCNCC2. The number of aliphatic hydroxyl groups is 1. The molecule has 76 valence electrons. The Morgan fingerprint density at radius 2 is 2.15 bits per heavy atom. The molecule has 1 saturated heterocycles. The maximum Gasteiger partial charge on any atom is 0.0681 e. The van der Waals surface area contributed by atoms with Crippen LogP contribution >= 0.6 is 0 Å². The first-order chi connectivity index (χ1) is 6.29. The van der Waals surface area contributed by atoms with Crippen LogP contribution in [0.3, 0.4) is 0 Å². The highest BCUT2D eigenvalue weighted by atomic mass is 16.5. The average molecular weight is 185 g/mol. The molecule has 1 saturated carbocycles. The molecule has 0 unspecified atom stereocenters. The lowest BCUT2D eigenvalue weighted by Crippen LogP contribution is -2.61. The molecular formula is C10H19NO2. The summed E-state index contributed by atoms with van der Waals surface area (Å²) in [5.74, 6) is 0. The van der Waals surface area contributed by atoms with Crippen molar-refractivity contribution < 1.29 is 9.84 Å². The summed E-state index contributed by atoms with van der Waals surface area (Å²) in [6, 6.07) is 0. The Balaban J connectivity index is 1.99. The summed E-state index contributed by atoms with van der Waals surface area (Å²) in [4.78, 5) is 0. The summed E-state index contributed by atoms with van der Waals surface area (Å²) in [5.41, 5.74) is 0.0985. The second kappa shape index (κ2) is 3.56. The van der Waals surface area contributed by atoms with E-state index in [1.54, 1.807) is 0 Å². The van der Waals surface area contributed by atoms with Crippen LogP contribution in [0.2, 0.25) is 0 Å². The molecule has 1 spiro atoms. The van der Waals surface area contributed by atoms with Gasteiger partial charge in [0.2, 0.25) is 0 Å². The number of rotatable bonds is 2. The van der Waals surface area contributed by atoms with Gasteiger partial charge in [-0.15, -0.1) is 0 Å². The summed E-state index contributed by atoms with van der Waals surface area (Å²) in [6.07, 6.45) is 3.17. The van der Waals surface area contributed by atoms with E-state index in [9.17, 15) is 5.11 Å². The van der Waals surface area contributed by atoms with Crippen LogP contribution in [0.5, 0.6) is 0 Å². The van der Waals surface area contributed by atoms with E-state index in [2.05, 4.69) is 5.32 Å². The second-order valence-electron chi connectivity index (χ2n) is 4.18. The van der Waals surface area contributed by atoms with Gasteiger partial charge in [-0.25, -0.2) is 0 Å². The van der Waals surface area contributed by atoms with Gasteiger partial charge in [-0.1, -0.05) is 0 Å². The van der Waals surface area contributed by atoms with Crippen LogP contribution in [0.15, 0.2) is 0 Å². The van der Waals surface area contributed by atoms with Gasteiger partial charge in [-0.05, 0) is 32.9 Å². The molecule has 13 heavy (non-hydrogen) atoms. The van der Waals surface area contributed by atoms with Crippen molar-refractivity contribution in [2.45, 2.75) is 38.4 Å². The number of hydrogen-bond acceptors (Lipinski definition) is 3. The highest BCUT2D eigenvalue weighted by Gasteiger charge is 2.55. The first-order valence-corrected chi connectivity index (χ1v) is 5.30. The van der Waals surface area contributed by atoms with E-state index in [4.69, 9.17) is 4.74 Å². The highest BCUT2D eigenvalue weighted by Crippen LogP contribution is 2.49. The van der Waals surface area contributed by atoms with E-state index in [-0.39, 0.29) is 11.5 Å². The Morgan fingerprint density at radius 3 is 2.69 bits per heavy atom. The van der Waals surface area contributed by atoms with Gasteiger partial charge in [-0.3, -0.25) is 0 Å². The average Bonchev–Trinajstić information content (AvgIpc) is 2.19. The topological polar surface area (TPSA) is 41.5 Å². The Kier molecular flexibility index (Phi) is 2.58. The van der Waals surface area contributed by atoms with Crippen molar-refractivity contribution in [3.63, 3.8) is 0 Å². The number of ether oxygens (including phenoxy) is 1. The van der Waals surface area contributed by atoms with Crippen molar-refractivity contribution in [3.05, 3.63) is 0 Å². The highest BCUT2D eigenvalue weighted by molar-refractivity contribution is 5.06. The third-order valence-corrected chi connectivity index (χ3v) is 3.64. The molecule has 2 fully saturated rings. The lowest BCUT2D eigenvalue weighted by molar-refractivity contribution is -0.201. The number of piperidine rings is 1. The largest absolute Gasteiger partial charge is 0.392 e. The first-order valence-electron chi connectivity index (χ1n) is 5.30. The second-order valence-corrected chi connectivity index (χ2v) is 4.18. The van der Waals surface area contributed by atoms with Crippen molar-refractivity contribution >= 4 is 0 Å². The third-order valence-electron chi connectivity index (χ3n) is 3.64. The number of nitrogens with one attached hydrogen (secondary N) is 1. The van der Waals surface area contributed by atoms with E-state index < -0.39 is 0 Å². The fraction of sp³-hybridized carbons (Fsp3) is 1.00. The predicted octanol–water partition coefficient (Wildman–Crippen LogP) is 0.526. The van der Waals surface area contributed by atoms with E-state index in [1.165, 1.54) is 0 Å². The maximum absolute atomic E-state index is 9.81. The zero-order valence-electron chi connectivity index (χ0n) is 8.25. The molecule has 3 heteroatoms. The van der Waals surface area contributed by atoms with Gasteiger partial charge in [-0.2, -0.15) is 0 Å². The maximum atomic E-state index is 9.81. The monoisotopic (exact) mass is 185 g/mol. The first kappa shape index (κ1) is 9.44. The van der Waals surface area contributed by atoms with Crippen molar-refractivity contribution in [1.82, 2.24) is 5.32 Å². The molecule has 0 aromatic heterocycles. The molecule has 1 aliphatic carbocycles. The molecule has 1 heterocycles. The Hall–Kier alpha value is -0.120. The number of hydrogen-bond donors (Lipinski definition) is 2. The van der Waals surface area contributed by atoms with Crippen LogP contribution in [0.1, 0.15) is 26.2 Å². The molecule has 2 atom stereocenters. The smallest absolute Gasteiger partial charge is 0.0681 e. The molecule has 0 radical (unpaired) electrons. The van der Waals surface area contributed by atoms with E-state index in [1.807, 2.05) is 6.92 Å². The van der Waals surface area contributed by atoms with Crippen LogP contribution in [-0.2, 0) is 4.74 Å². The predicted molar refractivity (Wildman–Crippen MR) is 50.6 cm³/mol. The van der Waals surface area contributed by atoms with Gasteiger partial charge in [0.1, 0.15) is 0 Å². The van der Waals surface area contributed by atoms with Gasteiger partial charge in [0.15, 0.2) is 0 Å². The molecule has 2 aliphatic rings. The Bertz CT molecular complexity index is 176. The van der Waals surface area contributed by atoms with Crippen molar-refractivity contribution in [2.75, 3.05) is 19.7 Å². The zero-order chi connectivity index (χ0) is 9.31. The summed E-state index contributed by atoms with van der Waals surface area (Å²) in [7, 11) is 0. The molecule has 0 bridgehead atoms. The van der Waals surface area contributed by atoms with E-state index in [0.717, 1.165) is 39.0 Å². The minimum Gasteiger partial charge on any atom is -0.392 e. The van der Waals surface area contributed by atoms with Crippen LogP contribution in [0.25, 0.3) is 0 Å². The Labute approximate surface area is 79.5 Å². The van der Waals surface area contributed by atoms with Crippen LogP contribution in [-0.4, -0.2) is 37.0 Å². The van der Waals surface area contributed by atoms with Gasteiger partial charge >= 0.3 is 0 Å². The van der Waals surface area contributed by atoms with Crippen LogP contribution < -0.4 is 5.32 Å². The van der Waals surface area contributed by atoms with Crippen molar-refractivity contribution in [2.24, 2.45) is 5.41 Å². The molecule has 2 rings (SSSR count). The van der Waals surface area contributed by atoms with Gasteiger partial charge in [0.25, 0.3) is 0 Å². The minimum atomic E-state index is -0.119. The lowest BCUT2D eigenvalue weighted by atomic mass is 9.58. The zero-order valence-corrected chi connectivity index (χ0v) is 8.25. The van der Waals surface area contributed by atoms with Crippen LogP contribution in [0, 0.1) is 5.41 Å². The molecule has 1 aliphatic heterocycles. The molecule has 2 N–H and O–H groups in total.